The minimum absolute atomic E-state index is 0.184. The normalized spacial score (nSPS) is 18.0. The summed E-state index contributed by atoms with van der Waals surface area (Å²) < 4.78 is 44.4. The zero-order chi connectivity index (χ0) is 20.9. The van der Waals surface area contributed by atoms with E-state index in [0.29, 0.717) is 34.7 Å². The lowest BCUT2D eigenvalue weighted by atomic mass is 10.1. The van der Waals surface area contributed by atoms with E-state index in [0.717, 1.165) is 0 Å². The second-order valence-corrected chi connectivity index (χ2v) is 7.33. The molecular weight excluding hydrogens is 393 g/mol. The number of alkyl halides is 2. The Balaban J connectivity index is 1.71. The molecule has 4 aromatic rings. The van der Waals surface area contributed by atoms with E-state index in [-0.39, 0.29) is 24.5 Å². The molecule has 1 unspecified atom stereocenters. The highest BCUT2D eigenvalue weighted by Crippen LogP contribution is 2.44. The Morgan fingerprint density at radius 1 is 1.10 bits per heavy atom. The predicted molar refractivity (Wildman–Crippen MR) is 104 cm³/mol. The molecule has 1 saturated carbocycles. The Morgan fingerprint density at radius 3 is 2.60 bits per heavy atom. The molecule has 1 atom stereocenters. The molecular formula is C21H15F3N6. The molecule has 30 heavy (non-hydrogen) atoms. The van der Waals surface area contributed by atoms with Crippen LogP contribution in [0.3, 0.4) is 0 Å². The van der Waals surface area contributed by atoms with Crippen LogP contribution in [-0.2, 0) is 0 Å². The van der Waals surface area contributed by atoms with Gasteiger partial charge in [0, 0.05) is 30.5 Å². The van der Waals surface area contributed by atoms with Crippen LogP contribution in [0.1, 0.15) is 25.3 Å². The van der Waals surface area contributed by atoms with Gasteiger partial charge in [0.2, 0.25) is 11.6 Å². The van der Waals surface area contributed by atoms with Gasteiger partial charge in [-0.2, -0.15) is 0 Å². The molecule has 150 valence electrons. The molecule has 0 saturated heterocycles. The van der Waals surface area contributed by atoms with Crippen molar-refractivity contribution in [2.24, 2.45) is 0 Å². The maximum absolute atomic E-state index is 13.9. The van der Waals surface area contributed by atoms with Gasteiger partial charge in [0.25, 0.3) is 5.82 Å². The van der Waals surface area contributed by atoms with E-state index < -0.39 is 12.0 Å². The van der Waals surface area contributed by atoms with Gasteiger partial charge in [-0.15, -0.1) is 4.52 Å². The van der Waals surface area contributed by atoms with Crippen LogP contribution in [0.15, 0.2) is 48.9 Å². The zero-order valence-corrected chi connectivity index (χ0v) is 15.6. The fourth-order valence-electron chi connectivity index (χ4n) is 3.94. The van der Waals surface area contributed by atoms with E-state index in [2.05, 4.69) is 19.9 Å². The third-order valence-electron chi connectivity index (χ3n) is 5.38. The van der Waals surface area contributed by atoms with Gasteiger partial charge >= 0.3 is 0 Å². The van der Waals surface area contributed by atoms with Crippen LogP contribution in [0.2, 0.25) is 0 Å². The van der Waals surface area contributed by atoms with Crippen molar-refractivity contribution < 1.29 is 13.2 Å². The van der Waals surface area contributed by atoms with Crippen molar-refractivity contribution in [1.29, 1.82) is 0 Å². The number of imidazole rings is 2. The molecule has 9 heteroatoms. The van der Waals surface area contributed by atoms with Gasteiger partial charge in [-0.1, -0.05) is 11.7 Å². The van der Waals surface area contributed by atoms with E-state index in [9.17, 15) is 13.2 Å². The summed E-state index contributed by atoms with van der Waals surface area (Å²) in [6.07, 6.45) is 2.82. The number of rotatable bonds is 3. The Hall–Kier alpha value is -3.67. The number of benzene rings is 1. The lowest BCUT2D eigenvalue weighted by Crippen LogP contribution is -2.13. The van der Waals surface area contributed by atoms with Crippen molar-refractivity contribution in [2.45, 2.75) is 31.2 Å². The summed E-state index contributed by atoms with van der Waals surface area (Å²) in [5, 5.41) is 4.54. The highest BCUT2D eigenvalue weighted by molar-refractivity contribution is 5.77. The third-order valence-corrected chi connectivity index (χ3v) is 5.38. The molecule has 0 amide bonds. The molecule has 6 nitrogen and oxygen atoms in total. The summed E-state index contributed by atoms with van der Waals surface area (Å²) in [4.78, 5) is 12.0. The summed E-state index contributed by atoms with van der Waals surface area (Å²) in [7, 11) is 0. The number of hydrogen-bond acceptors (Lipinski definition) is 3. The van der Waals surface area contributed by atoms with Gasteiger partial charge in [0.1, 0.15) is 11.5 Å². The monoisotopic (exact) mass is 408 g/mol. The van der Waals surface area contributed by atoms with Gasteiger partial charge in [0.05, 0.1) is 23.9 Å². The fourth-order valence-corrected chi connectivity index (χ4v) is 3.94. The van der Waals surface area contributed by atoms with Gasteiger partial charge in [-0.3, -0.25) is 0 Å². The lowest BCUT2D eigenvalue weighted by Gasteiger charge is -2.16. The van der Waals surface area contributed by atoms with Crippen molar-refractivity contribution in [1.82, 2.24) is 24.1 Å². The summed E-state index contributed by atoms with van der Waals surface area (Å²) in [6, 6.07) is 8.84. The first kappa shape index (κ1) is 18.4. The number of hydrogen-bond donors (Lipinski definition) is 0. The van der Waals surface area contributed by atoms with Crippen molar-refractivity contribution >= 4 is 11.5 Å². The van der Waals surface area contributed by atoms with Crippen LogP contribution in [0, 0.1) is 12.4 Å². The average molecular weight is 408 g/mol. The zero-order valence-electron chi connectivity index (χ0n) is 15.6. The largest absolute Gasteiger partial charge is 0.360 e. The van der Waals surface area contributed by atoms with Crippen molar-refractivity contribution in [3.63, 3.8) is 0 Å². The highest BCUT2D eigenvalue weighted by Gasteiger charge is 2.41. The SMILES string of the molecule is [C-]#[N+]c1cnc2ccc(-c3c(-c4ccc(F)cc4)ncn3C3CCC(F)(F)C3)nn12. The molecule has 1 aliphatic rings. The number of aromatic nitrogens is 5. The van der Waals surface area contributed by atoms with Gasteiger partial charge in [-0.25, -0.2) is 23.1 Å². The molecule has 0 spiro atoms. The van der Waals surface area contributed by atoms with Gasteiger partial charge in [-0.05, 0) is 36.8 Å². The first-order chi connectivity index (χ1) is 14.4. The second kappa shape index (κ2) is 6.69. The topological polar surface area (TPSA) is 52.4 Å². The molecule has 1 aliphatic carbocycles. The molecule has 3 heterocycles. The first-order valence-corrected chi connectivity index (χ1v) is 9.38. The molecule has 0 aliphatic heterocycles. The standard InChI is InChI=1S/C21H15F3N6/c1-25-18-11-26-17-7-6-16(28-30(17)18)20-19(13-2-4-14(22)5-3-13)27-12-29(20)15-8-9-21(23,24)10-15/h2-7,11-12,15H,8-10H2. The van der Waals surface area contributed by atoms with Crippen molar-refractivity contribution in [3.8, 4) is 22.6 Å². The number of nitrogens with zero attached hydrogens (tertiary/aromatic N) is 6. The summed E-state index contributed by atoms with van der Waals surface area (Å²) in [5.74, 6) is -2.86. The van der Waals surface area contributed by atoms with E-state index >= 15 is 0 Å². The molecule has 1 aromatic carbocycles. The number of halogens is 3. The Bertz CT molecular complexity index is 1280. The van der Waals surface area contributed by atoms with Crippen LogP contribution >= 0.6 is 0 Å². The van der Waals surface area contributed by atoms with Crippen molar-refractivity contribution in [2.75, 3.05) is 0 Å². The van der Waals surface area contributed by atoms with Crippen molar-refractivity contribution in [3.05, 3.63) is 66.2 Å². The molecule has 1 fully saturated rings. The maximum atomic E-state index is 13.9. The van der Waals surface area contributed by atoms with Gasteiger partial charge in [0.15, 0.2) is 0 Å². The molecule has 3 aromatic heterocycles. The van der Waals surface area contributed by atoms with E-state index in [1.165, 1.54) is 29.2 Å². The summed E-state index contributed by atoms with van der Waals surface area (Å²) in [5.41, 5.74) is 2.69. The van der Waals surface area contributed by atoms with Crippen LogP contribution in [0.5, 0.6) is 0 Å². The summed E-state index contributed by atoms with van der Waals surface area (Å²) >= 11 is 0. The fraction of sp³-hybridized carbons (Fsp3) is 0.238. The van der Waals surface area contributed by atoms with E-state index in [4.69, 9.17) is 6.57 Å². The minimum atomic E-state index is -2.72. The van der Waals surface area contributed by atoms with Crippen LogP contribution < -0.4 is 0 Å². The average Bonchev–Trinajstić information content (AvgIpc) is 3.43. The van der Waals surface area contributed by atoms with Crippen LogP contribution in [-0.4, -0.2) is 30.1 Å². The van der Waals surface area contributed by atoms with Crippen LogP contribution in [0.4, 0.5) is 19.0 Å². The maximum Gasteiger partial charge on any atom is 0.275 e. The molecule has 5 rings (SSSR count). The predicted octanol–water partition coefficient (Wildman–Crippen LogP) is 5.31. The van der Waals surface area contributed by atoms with Crippen LogP contribution in [0.25, 0.3) is 33.1 Å². The van der Waals surface area contributed by atoms with E-state index in [1.807, 2.05) is 0 Å². The second-order valence-electron chi connectivity index (χ2n) is 7.33. The quantitative estimate of drug-likeness (QED) is 0.432. The van der Waals surface area contributed by atoms with Gasteiger partial charge < -0.3 is 9.41 Å². The smallest absolute Gasteiger partial charge is 0.275 e. The third kappa shape index (κ3) is 3.01. The number of fused-ring (bicyclic) bond motifs is 1. The summed E-state index contributed by atoms with van der Waals surface area (Å²) in [6.45, 7) is 7.29. The Labute approximate surface area is 169 Å². The minimum Gasteiger partial charge on any atom is -0.360 e. The molecule has 0 bridgehead atoms. The Kier molecular flexibility index (Phi) is 4.10. The highest BCUT2D eigenvalue weighted by atomic mass is 19.3. The lowest BCUT2D eigenvalue weighted by molar-refractivity contribution is 0.00569. The molecule has 0 radical (unpaired) electrons. The Morgan fingerprint density at radius 2 is 1.90 bits per heavy atom. The van der Waals surface area contributed by atoms with E-state index in [1.54, 1.807) is 28.8 Å². The first-order valence-electron chi connectivity index (χ1n) is 9.38. The molecule has 0 N–H and O–H groups in total.